The summed E-state index contributed by atoms with van der Waals surface area (Å²) < 4.78 is 5.17. The molecule has 1 atom stereocenters. The molecule has 10 nitrogen and oxygen atoms in total. The van der Waals surface area contributed by atoms with Crippen molar-refractivity contribution in [2.75, 3.05) is 25.5 Å². The number of hydrogen-bond acceptors (Lipinski definition) is 8. The topological polar surface area (TPSA) is 121 Å². The normalized spacial score (nSPS) is 20.4. The van der Waals surface area contributed by atoms with Crippen molar-refractivity contribution in [1.82, 2.24) is 25.0 Å². The number of ether oxygens (including phenoxy) is 1. The molecule has 0 bridgehead atoms. The van der Waals surface area contributed by atoms with Crippen LogP contribution in [0.15, 0.2) is 41.9 Å². The number of aliphatic hydroxyl groups excluding tert-OH is 1. The van der Waals surface area contributed by atoms with E-state index >= 15 is 0 Å². The lowest BCUT2D eigenvalue weighted by molar-refractivity contribution is -0.132. The maximum atomic E-state index is 12.7. The van der Waals surface area contributed by atoms with Crippen LogP contribution in [0.2, 0.25) is 0 Å². The van der Waals surface area contributed by atoms with Gasteiger partial charge in [0.2, 0.25) is 5.91 Å². The zero-order valence-electron chi connectivity index (χ0n) is 17.7. The maximum absolute atomic E-state index is 12.7. The lowest BCUT2D eigenvalue weighted by atomic mass is 10.0. The van der Waals surface area contributed by atoms with Crippen molar-refractivity contribution in [3.63, 3.8) is 0 Å². The van der Waals surface area contributed by atoms with Crippen molar-refractivity contribution < 1.29 is 19.4 Å². The monoisotopic (exact) mass is 436 g/mol. The number of hydrogen-bond donors (Lipinski definition) is 2. The molecule has 5 rings (SSSR count). The number of anilines is 1. The summed E-state index contributed by atoms with van der Waals surface area (Å²) in [5.74, 6) is 0.565. The van der Waals surface area contributed by atoms with Gasteiger partial charge >= 0.3 is 0 Å². The first-order valence-electron chi connectivity index (χ1n) is 10.7. The molecule has 10 heteroatoms. The lowest BCUT2D eigenvalue weighted by Crippen LogP contribution is -2.42. The predicted molar refractivity (Wildman–Crippen MR) is 114 cm³/mol. The van der Waals surface area contributed by atoms with Crippen LogP contribution in [0.5, 0.6) is 5.75 Å². The molecule has 1 saturated carbocycles. The molecule has 2 aromatic rings. The third-order valence-electron chi connectivity index (χ3n) is 5.96. The molecule has 1 aliphatic carbocycles. The number of nitrogens with one attached hydrogen (secondary N) is 1. The highest BCUT2D eigenvalue weighted by Crippen LogP contribution is 2.40. The highest BCUT2D eigenvalue weighted by molar-refractivity contribution is 5.98. The van der Waals surface area contributed by atoms with E-state index in [9.17, 15) is 14.7 Å². The van der Waals surface area contributed by atoms with Crippen LogP contribution in [0.4, 0.5) is 5.82 Å². The van der Waals surface area contributed by atoms with Crippen LogP contribution in [0, 0.1) is 0 Å². The second kappa shape index (κ2) is 8.19. The number of nitrogens with zero attached hydrogens (tertiary/aromatic N) is 5. The molecule has 0 radical (unpaired) electrons. The van der Waals surface area contributed by atoms with Gasteiger partial charge in [0.1, 0.15) is 5.75 Å². The van der Waals surface area contributed by atoms with Gasteiger partial charge in [0, 0.05) is 29.9 Å². The number of pyridine rings is 1. The van der Waals surface area contributed by atoms with Crippen molar-refractivity contribution in [2.45, 2.75) is 38.0 Å². The van der Waals surface area contributed by atoms with Crippen LogP contribution in [0.1, 0.15) is 25.7 Å². The van der Waals surface area contributed by atoms with Crippen LogP contribution < -0.4 is 10.1 Å². The van der Waals surface area contributed by atoms with Gasteiger partial charge in [-0.1, -0.05) is 0 Å². The van der Waals surface area contributed by atoms with E-state index in [0.29, 0.717) is 41.5 Å². The Balaban J connectivity index is 1.25. The van der Waals surface area contributed by atoms with Crippen molar-refractivity contribution in [3.8, 4) is 17.0 Å². The molecule has 2 N–H and O–H groups in total. The van der Waals surface area contributed by atoms with Crippen LogP contribution in [0.3, 0.4) is 0 Å². The summed E-state index contributed by atoms with van der Waals surface area (Å²) in [6.45, 7) is 0.646. The molecule has 3 aliphatic rings. The smallest absolute Gasteiger partial charge is 0.254 e. The summed E-state index contributed by atoms with van der Waals surface area (Å²) in [5.41, 5.74) is 2.57. The lowest BCUT2D eigenvalue weighted by Gasteiger charge is -2.32. The predicted octanol–water partition coefficient (Wildman–Crippen LogP) is 1.16. The molecule has 0 aromatic carbocycles. The number of carbonyl (C=O) groups is 2. The molecule has 1 unspecified atom stereocenters. The average Bonchev–Trinajstić information content (AvgIpc) is 3.60. The van der Waals surface area contributed by atoms with Gasteiger partial charge in [-0.05, 0) is 43.9 Å². The van der Waals surface area contributed by atoms with Gasteiger partial charge < -0.3 is 25.0 Å². The van der Waals surface area contributed by atoms with E-state index in [1.165, 1.54) is 0 Å². The van der Waals surface area contributed by atoms with Gasteiger partial charge in [-0.3, -0.25) is 14.6 Å². The van der Waals surface area contributed by atoms with Gasteiger partial charge in [0.25, 0.3) is 5.91 Å². The molecule has 2 aromatic heterocycles. The van der Waals surface area contributed by atoms with E-state index in [1.807, 2.05) is 4.90 Å². The Kier molecular flexibility index (Phi) is 5.22. The summed E-state index contributed by atoms with van der Waals surface area (Å²) >= 11 is 0. The third kappa shape index (κ3) is 3.77. The average molecular weight is 436 g/mol. The fraction of sp³-hybridized carbons (Fsp3) is 0.409. The van der Waals surface area contributed by atoms with Crippen molar-refractivity contribution in [3.05, 3.63) is 41.9 Å². The molecule has 4 heterocycles. The highest BCUT2D eigenvalue weighted by Gasteiger charge is 2.48. The Bertz CT molecular complexity index is 1080. The number of rotatable bonds is 6. The number of aliphatic hydroxyl groups is 1. The van der Waals surface area contributed by atoms with Crippen LogP contribution >= 0.6 is 0 Å². The minimum absolute atomic E-state index is 0.0327. The molecule has 0 saturated heterocycles. The number of carbonyl (C=O) groups excluding carboxylic acids is 2. The SMILES string of the molecule is COc1cncc(-c2ccc(NC(=O)CN3CCCC4=C3C(O)N(C3CC3)C4=O)nn2)c1. The van der Waals surface area contributed by atoms with Crippen molar-refractivity contribution >= 4 is 17.6 Å². The standard InChI is InChI=1S/C22H24N6O4/c1-32-15-9-13(10-23-11-15)17-6-7-18(26-25-17)24-19(29)12-27-8-2-3-16-20(27)22(31)28(21(16)30)14-4-5-14/h6-7,9-11,14,22,31H,2-5,8,12H2,1H3,(H,24,26,29). The summed E-state index contributed by atoms with van der Waals surface area (Å²) in [6, 6.07) is 5.33. The third-order valence-corrected chi connectivity index (χ3v) is 5.96. The summed E-state index contributed by atoms with van der Waals surface area (Å²) in [7, 11) is 1.57. The largest absolute Gasteiger partial charge is 0.495 e. The Morgan fingerprint density at radius 1 is 1.28 bits per heavy atom. The zero-order valence-corrected chi connectivity index (χ0v) is 17.7. The first-order valence-corrected chi connectivity index (χ1v) is 10.7. The Hall–Kier alpha value is -3.53. The number of methoxy groups -OCH3 is 1. The fourth-order valence-electron chi connectivity index (χ4n) is 4.28. The van der Waals surface area contributed by atoms with E-state index in [-0.39, 0.29) is 24.4 Å². The molecular weight excluding hydrogens is 412 g/mol. The molecule has 0 spiro atoms. The molecule has 32 heavy (non-hydrogen) atoms. The maximum Gasteiger partial charge on any atom is 0.254 e. The Morgan fingerprint density at radius 2 is 2.12 bits per heavy atom. The number of aromatic nitrogens is 3. The van der Waals surface area contributed by atoms with E-state index in [0.717, 1.165) is 24.8 Å². The van der Waals surface area contributed by atoms with Crippen LogP contribution in [-0.2, 0) is 9.59 Å². The van der Waals surface area contributed by atoms with Gasteiger partial charge in [-0.2, -0.15) is 0 Å². The molecular formula is C22H24N6O4. The van der Waals surface area contributed by atoms with E-state index in [4.69, 9.17) is 4.74 Å². The van der Waals surface area contributed by atoms with Crippen LogP contribution in [0.25, 0.3) is 11.3 Å². The minimum atomic E-state index is -0.964. The Morgan fingerprint density at radius 3 is 2.84 bits per heavy atom. The zero-order chi connectivity index (χ0) is 22.2. The quantitative estimate of drug-likeness (QED) is 0.692. The van der Waals surface area contributed by atoms with Gasteiger partial charge in [-0.25, -0.2) is 0 Å². The van der Waals surface area contributed by atoms with E-state index in [2.05, 4.69) is 20.5 Å². The number of amides is 2. The van der Waals surface area contributed by atoms with Crippen molar-refractivity contribution in [2.24, 2.45) is 0 Å². The molecule has 1 fully saturated rings. The summed E-state index contributed by atoms with van der Waals surface area (Å²) in [4.78, 5) is 32.8. The Labute approximate surface area is 184 Å². The second-order valence-electron chi connectivity index (χ2n) is 8.17. The first kappa shape index (κ1) is 20.4. The van der Waals surface area contributed by atoms with Gasteiger partial charge in [0.15, 0.2) is 12.0 Å². The highest BCUT2D eigenvalue weighted by atomic mass is 16.5. The van der Waals surface area contributed by atoms with Crippen molar-refractivity contribution in [1.29, 1.82) is 0 Å². The molecule has 2 aliphatic heterocycles. The minimum Gasteiger partial charge on any atom is -0.495 e. The second-order valence-corrected chi connectivity index (χ2v) is 8.17. The first-order chi connectivity index (χ1) is 15.5. The molecule has 166 valence electrons. The van der Waals surface area contributed by atoms with E-state index in [1.54, 1.807) is 42.6 Å². The fourth-order valence-corrected chi connectivity index (χ4v) is 4.28. The van der Waals surface area contributed by atoms with E-state index < -0.39 is 6.23 Å². The van der Waals surface area contributed by atoms with Gasteiger partial charge in [-0.15, -0.1) is 10.2 Å². The summed E-state index contributed by atoms with van der Waals surface area (Å²) in [5, 5.41) is 21.7. The van der Waals surface area contributed by atoms with Crippen LogP contribution in [-0.4, -0.2) is 74.4 Å². The molecule has 2 amide bonds. The van der Waals surface area contributed by atoms with Gasteiger partial charge in [0.05, 0.1) is 31.2 Å². The summed E-state index contributed by atoms with van der Waals surface area (Å²) in [6.07, 6.45) is 5.55.